The van der Waals surface area contributed by atoms with Gasteiger partial charge in [0, 0.05) is 0 Å². The van der Waals surface area contributed by atoms with Crippen LogP contribution in [-0.4, -0.2) is 28.7 Å². The van der Waals surface area contributed by atoms with E-state index in [-0.39, 0.29) is 0 Å². The van der Waals surface area contributed by atoms with Crippen LogP contribution in [0.25, 0.3) is 0 Å². The van der Waals surface area contributed by atoms with Crippen LogP contribution in [0.5, 0.6) is 0 Å². The Labute approximate surface area is 90.5 Å². The van der Waals surface area contributed by atoms with E-state index in [1.54, 1.807) is 40.7 Å². The van der Waals surface area contributed by atoms with E-state index in [1.165, 1.54) is 0 Å². The highest BCUT2D eigenvalue weighted by atomic mass is 16.5. The van der Waals surface area contributed by atoms with Crippen LogP contribution in [-0.2, 0) is 14.7 Å². The Kier molecular flexibility index (Phi) is 2.94. The summed E-state index contributed by atoms with van der Waals surface area (Å²) in [5.74, 6) is -0.395. The first-order chi connectivity index (χ1) is 6.73. The summed E-state index contributed by atoms with van der Waals surface area (Å²) in [6, 6.07) is 0. The van der Waals surface area contributed by atoms with Crippen molar-refractivity contribution < 1.29 is 14.7 Å². The minimum Gasteiger partial charge on any atom is -0.463 e. The molecule has 0 saturated carbocycles. The summed E-state index contributed by atoms with van der Waals surface area (Å²) in [4.78, 5) is 11.6. The van der Waals surface area contributed by atoms with Gasteiger partial charge in [0.1, 0.15) is 0 Å². The van der Waals surface area contributed by atoms with Crippen LogP contribution in [0.2, 0.25) is 0 Å². The molecule has 85 valence electrons. The van der Waals surface area contributed by atoms with E-state index in [0.29, 0.717) is 12.2 Å². The predicted octanol–water partition coefficient (Wildman–Crippen LogP) is 1.69. The molecular weight excluding hydrogens is 194 g/mol. The second-order valence-electron chi connectivity index (χ2n) is 4.79. The largest absolute Gasteiger partial charge is 0.463 e. The summed E-state index contributed by atoms with van der Waals surface area (Å²) in [5.41, 5.74) is -1.01. The number of nitrogens with zero attached hydrogens (tertiary/aromatic N) is 1. The topological polar surface area (TPSA) is 49.4 Å². The molecule has 0 aromatic heterocycles. The second kappa shape index (κ2) is 3.61. The average molecular weight is 212 g/mol. The van der Waals surface area contributed by atoms with E-state index < -0.39 is 17.0 Å². The molecule has 1 rings (SSSR count). The molecular formula is C11H18NO3. The van der Waals surface area contributed by atoms with Gasteiger partial charge in [-0.2, -0.15) is 0 Å². The molecule has 0 atom stereocenters. The van der Waals surface area contributed by atoms with Crippen molar-refractivity contribution in [3.05, 3.63) is 11.6 Å². The number of carbonyl (C=O) groups excluding carboxylic acids is 1. The summed E-state index contributed by atoms with van der Waals surface area (Å²) in [6.07, 6.45) is 1.69. The Morgan fingerprint density at radius 3 is 2.27 bits per heavy atom. The van der Waals surface area contributed by atoms with Crippen LogP contribution in [0.4, 0.5) is 0 Å². The van der Waals surface area contributed by atoms with Gasteiger partial charge in [-0.3, -0.25) is 0 Å². The van der Waals surface area contributed by atoms with Crippen molar-refractivity contribution in [3.63, 3.8) is 0 Å². The van der Waals surface area contributed by atoms with Crippen LogP contribution in [0.15, 0.2) is 11.6 Å². The number of ether oxygens (including phenoxy) is 1. The molecule has 0 spiro atoms. The number of carbonyl (C=O) groups is 1. The maximum atomic E-state index is 11.9. The Balaban J connectivity index is 3.03. The molecule has 0 unspecified atom stereocenters. The van der Waals surface area contributed by atoms with E-state index in [1.807, 2.05) is 0 Å². The third-order valence-electron chi connectivity index (χ3n) is 2.68. The van der Waals surface area contributed by atoms with Gasteiger partial charge < -0.3 is 4.74 Å². The van der Waals surface area contributed by atoms with E-state index in [4.69, 9.17) is 4.74 Å². The zero-order valence-electron chi connectivity index (χ0n) is 9.96. The molecule has 4 heteroatoms. The molecule has 1 aliphatic heterocycles. The van der Waals surface area contributed by atoms with Gasteiger partial charge in [-0.25, -0.2) is 4.79 Å². The van der Waals surface area contributed by atoms with Crippen LogP contribution >= 0.6 is 0 Å². The van der Waals surface area contributed by atoms with Gasteiger partial charge in [0.15, 0.2) is 0 Å². The Hall–Kier alpha value is -0.870. The molecule has 4 nitrogen and oxygen atoms in total. The molecule has 0 aromatic carbocycles. The molecule has 15 heavy (non-hydrogen) atoms. The van der Waals surface area contributed by atoms with Crippen LogP contribution < -0.4 is 0 Å². The van der Waals surface area contributed by atoms with Crippen molar-refractivity contribution in [3.8, 4) is 0 Å². The van der Waals surface area contributed by atoms with Gasteiger partial charge in [0.2, 0.25) is 0 Å². The predicted molar refractivity (Wildman–Crippen MR) is 55.4 cm³/mol. The van der Waals surface area contributed by atoms with Crippen molar-refractivity contribution in [1.29, 1.82) is 0 Å². The van der Waals surface area contributed by atoms with Crippen molar-refractivity contribution in [2.24, 2.45) is 0 Å². The van der Waals surface area contributed by atoms with Crippen LogP contribution in [0, 0.1) is 0 Å². The molecule has 1 aliphatic rings. The lowest BCUT2D eigenvalue weighted by atomic mass is 9.97. The quantitative estimate of drug-likeness (QED) is 0.654. The van der Waals surface area contributed by atoms with Crippen LogP contribution in [0.1, 0.15) is 34.6 Å². The highest BCUT2D eigenvalue weighted by molar-refractivity contribution is 5.91. The Bertz CT molecular complexity index is 305. The summed E-state index contributed by atoms with van der Waals surface area (Å²) >= 11 is 0. The third kappa shape index (κ3) is 1.92. The van der Waals surface area contributed by atoms with E-state index in [2.05, 4.69) is 0 Å². The molecule has 0 aliphatic carbocycles. The zero-order valence-corrected chi connectivity index (χ0v) is 9.96. The Morgan fingerprint density at radius 1 is 1.40 bits per heavy atom. The molecule has 0 saturated heterocycles. The van der Waals surface area contributed by atoms with E-state index >= 15 is 0 Å². The van der Waals surface area contributed by atoms with E-state index in [9.17, 15) is 10.0 Å². The number of hydrogen-bond acceptors (Lipinski definition) is 3. The molecule has 1 heterocycles. The lowest BCUT2D eigenvalue weighted by molar-refractivity contribution is -0.239. The second-order valence-corrected chi connectivity index (χ2v) is 4.79. The lowest BCUT2D eigenvalue weighted by Gasteiger charge is -2.33. The lowest BCUT2D eigenvalue weighted by Crippen LogP contribution is -2.47. The number of rotatable bonds is 2. The molecule has 1 radical (unpaired) electrons. The summed E-state index contributed by atoms with van der Waals surface area (Å²) in [6.45, 7) is 9.11. The van der Waals surface area contributed by atoms with Crippen molar-refractivity contribution in [2.75, 3.05) is 6.61 Å². The minimum absolute atomic E-state index is 0.325. The van der Waals surface area contributed by atoms with Crippen LogP contribution in [0.3, 0.4) is 0 Å². The first-order valence-corrected chi connectivity index (χ1v) is 5.11. The van der Waals surface area contributed by atoms with Gasteiger partial charge in [-0.05, 0) is 40.7 Å². The van der Waals surface area contributed by atoms with Gasteiger partial charge >= 0.3 is 5.97 Å². The standard InChI is InChI=1S/C11H18NO3/c1-6-15-9(13)8-7-10(2,3)12(14)11(8,4)5/h7H,6H2,1-5H3. The van der Waals surface area contributed by atoms with Gasteiger partial charge in [0.25, 0.3) is 0 Å². The molecule has 0 N–H and O–H groups in total. The zero-order chi connectivity index (χ0) is 11.9. The van der Waals surface area contributed by atoms with Crippen molar-refractivity contribution in [2.45, 2.75) is 45.7 Å². The fourth-order valence-electron chi connectivity index (χ4n) is 1.94. The summed E-state index contributed by atoms with van der Waals surface area (Å²) < 4.78 is 4.93. The van der Waals surface area contributed by atoms with Gasteiger partial charge in [-0.1, -0.05) is 0 Å². The maximum Gasteiger partial charge on any atom is 0.335 e. The molecule has 0 bridgehead atoms. The van der Waals surface area contributed by atoms with Crippen molar-refractivity contribution in [1.82, 2.24) is 5.06 Å². The first-order valence-electron chi connectivity index (χ1n) is 5.11. The van der Waals surface area contributed by atoms with Crippen molar-refractivity contribution >= 4 is 5.97 Å². The smallest absolute Gasteiger partial charge is 0.335 e. The molecule has 0 aromatic rings. The first kappa shape index (κ1) is 12.2. The SMILES string of the molecule is CCOC(=O)C1=CC(C)(C)N([O])C1(C)C. The average Bonchev–Trinajstić information content (AvgIpc) is 2.27. The number of hydrogen-bond donors (Lipinski definition) is 0. The minimum atomic E-state index is -0.810. The maximum absolute atomic E-state index is 11.9. The molecule has 0 amide bonds. The fourth-order valence-corrected chi connectivity index (χ4v) is 1.94. The fraction of sp³-hybridized carbons (Fsp3) is 0.727. The summed E-state index contributed by atoms with van der Waals surface area (Å²) in [7, 11) is 0. The Morgan fingerprint density at radius 2 is 1.93 bits per heavy atom. The normalized spacial score (nSPS) is 23.7. The number of esters is 1. The monoisotopic (exact) mass is 212 g/mol. The van der Waals surface area contributed by atoms with E-state index in [0.717, 1.165) is 5.06 Å². The molecule has 0 fully saturated rings. The third-order valence-corrected chi connectivity index (χ3v) is 2.68. The highest BCUT2D eigenvalue weighted by Gasteiger charge is 2.49. The highest BCUT2D eigenvalue weighted by Crippen LogP contribution is 2.38. The van der Waals surface area contributed by atoms with Gasteiger partial charge in [0.05, 0.1) is 23.3 Å². The number of hydroxylamine groups is 2. The summed E-state index contributed by atoms with van der Waals surface area (Å²) in [5, 5.41) is 12.9. The van der Waals surface area contributed by atoms with Gasteiger partial charge in [-0.15, -0.1) is 10.3 Å².